The van der Waals surface area contributed by atoms with Gasteiger partial charge in [0.25, 0.3) is 0 Å². The van der Waals surface area contributed by atoms with Crippen LogP contribution in [-0.4, -0.2) is 18.8 Å². The second-order valence-corrected chi connectivity index (χ2v) is 5.45. The van der Waals surface area contributed by atoms with Crippen LogP contribution in [0, 0.1) is 11.7 Å². The van der Waals surface area contributed by atoms with Gasteiger partial charge >= 0.3 is 0 Å². The summed E-state index contributed by atoms with van der Waals surface area (Å²) in [6.07, 6.45) is 3.90. The molecular weight excluding hydrogens is 257 g/mol. The van der Waals surface area contributed by atoms with Crippen molar-refractivity contribution >= 4 is 24.2 Å². The van der Waals surface area contributed by atoms with E-state index in [1.807, 2.05) is 23.9 Å². The first-order valence-electron chi connectivity index (χ1n) is 5.94. The number of halogens is 2. The molecule has 4 heteroatoms. The summed E-state index contributed by atoms with van der Waals surface area (Å²) >= 11 is 1.84. The Hall–Kier alpha value is -0.250. The molecule has 1 aromatic rings. The molecule has 0 radical (unpaired) electrons. The lowest BCUT2D eigenvalue weighted by molar-refractivity contribution is 0.367. The zero-order valence-electron chi connectivity index (χ0n) is 9.82. The van der Waals surface area contributed by atoms with Crippen LogP contribution in [0.4, 0.5) is 4.39 Å². The second-order valence-electron chi connectivity index (χ2n) is 4.28. The summed E-state index contributed by atoms with van der Waals surface area (Å²) in [5.41, 5.74) is 0. The van der Waals surface area contributed by atoms with Gasteiger partial charge in [-0.25, -0.2) is 4.39 Å². The predicted molar refractivity (Wildman–Crippen MR) is 74.6 cm³/mol. The maximum atomic E-state index is 12.7. The summed E-state index contributed by atoms with van der Waals surface area (Å²) in [6.45, 7) is 2.35. The predicted octanol–water partition coefficient (Wildman–Crippen LogP) is 3.73. The lowest BCUT2D eigenvalue weighted by Gasteiger charge is -2.22. The van der Waals surface area contributed by atoms with E-state index in [0.29, 0.717) is 0 Å². The minimum atomic E-state index is -0.150. The summed E-state index contributed by atoms with van der Waals surface area (Å²) in [5, 5.41) is 3.38. The van der Waals surface area contributed by atoms with E-state index in [1.165, 1.54) is 49.4 Å². The summed E-state index contributed by atoms with van der Waals surface area (Å²) in [6, 6.07) is 6.80. The average molecular weight is 276 g/mol. The number of rotatable bonds is 4. The molecule has 17 heavy (non-hydrogen) atoms. The van der Waals surface area contributed by atoms with E-state index >= 15 is 0 Å². The molecule has 0 atom stereocenters. The molecule has 0 saturated carbocycles. The molecule has 1 aliphatic rings. The Labute approximate surface area is 113 Å². The van der Waals surface area contributed by atoms with E-state index in [1.54, 1.807) is 0 Å². The van der Waals surface area contributed by atoms with Crippen molar-refractivity contribution in [2.75, 3.05) is 18.8 Å². The van der Waals surface area contributed by atoms with Gasteiger partial charge < -0.3 is 5.32 Å². The Kier molecular flexibility index (Phi) is 6.93. The number of hydrogen-bond donors (Lipinski definition) is 1. The highest BCUT2D eigenvalue weighted by Crippen LogP contribution is 2.23. The Bertz CT molecular complexity index is 312. The summed E-state index contributed by atoms with van der Waals surface area (Å²) in [7, 11) is 0. The minimum Gasteiger partial charge on any atom is -0.317 e. The average Bonchev–Trinajstić information content (AvgIpc) is 2.33. The van der Waals surface area contributed by atoms with Gasteiger partial charge in [-0.05, 0) is 68.3 Å². The van der Waals surface area contributed by atoms with Crippen molar-refractivity contribution in [3.63, 3.8) is 0 Å². The van der Waals surface area contributed by atoms with Crippen molar-refractivity contribution in [1.82, 2.24) is 5.32 Å². The quantitative estimate of drug-likeness (QED) is 0.841. The zero-order valence-corrected chi connectivity index (χ0v) is 11.5. The fourth-order valence-corrected chi connectivity index (χ4v) is 3.06. The molecule has 96 valence electrons. The van der Waals surface area contributed by atoms with Gasteiger partial charge in [-0.15, -0.1) is 24.2 Å². The third kappa shape index (κ3) is 5.28. The Morgan fingerprint density at radius 2 is 1.82 bits per heavy atom. The van der Waals surface area contributed by atoms with Crippen LogP contribution in [-0.2, 0) is 0 Å². The van der Waals surface area contributed by atoms with Crippen LogP contribution in [0.1, 0.15) is 19.3 Å². The van der Waals surface area contributed by atoms with Crippen LogP contribution in [0.15, 0.2) is 29.2 Å². The molecule has 1 fully saturated rings. The maximum Gasteiger partial charge on any atom is 0.123 e. The van der Waals surface area contributed by atoms with Crippen LogP contribution >= 0.6 is 24.2 Å². The van der Waals surface area contributed by atoms with Gasteiger partial charge in [-0.3, -0.25) is 0 Å². The Balaban J connectivity index is 0.00000144. The minimum absolute atomic E-state index is 0. The van der Waals surface area contributed by atoms with Gasteiger partial charge in [-0.1, -0.05) is 0 Å². The standard InChI is InChI=1S/C13H18FNS.ClH/c14-12-1-3-13(4-2-12)16-10-7-11-5-8-15-9-6-11;/h1-4,11,15H,5-10H2;1H. The molecular formula is C13H19ClFNS. The molecule has 0 unspecified atom stereocenters. The van der Waals surface area contributed by atoms with Crippen LogP contribution in [0.2, 0.25) is 0 Å². The normalized spacial score (nSPS) is 16.5. The molecule has 0 amide bonds. The largest absolute Gasteiger partial charge is 0.317 e. The summed E-state index contributed by atoms with van der Waals surface area (Å²) in [4.78, 5) is 1.18. The number of hydrogen-bond acceptors (Lipinski definition) is 2. The lowest BCUT2D eigenvalue weighted by atomic mass is 9.96. The smallest absolute Gasteiger partial charge is 0.123 e. The van der Waals surface area contributed by atoms with Gasteiger partial charge in [-0.2, -0.15) is 0 Å². The first-order chi connectivity index (χ1) is 7.84. The molecule has 1 N–H and O–H groups in total. The van der Waals surface area contributed by atoms with E-state index in [4.69, 9.17) is 0 Å². The van der Waals surface area contributed by atoms with Crippen molar-refractivity contribution < 1.29 is 4.39 Å². The maximum absolute atomic E-state index is 12.7. The van der Waals surface area contributed by atoms with Crippen LogP contribution in [0.5, 0.6) is 0 Å². The highest BCUT2D eigenvalue weighted by molar-refractivity contribution is 7.99. The second kappa shape index (κ2) is 7.96. The van der Waals surface area contributed by atoms with Crippen molar-refractivity contribution in [3.8, 4) is 0 Å². The van der Waals surface area contributed by atoms with E-state index < -0.39 is 0 Å². The zero-order chi connectivity index (χ0) is 11.2. The monoisotopic (exact) mass is 275 g/mol. The molecule has 1 aliphatic heterocycles. The van der Waals surface area contributed by atoms with Crippen molar-refractivity contribution in [1.29, 1.82) is 0 Å². The third-order valence-electron chi connectivity index (χ3n) is 3.07. The highest BCUT2D eigenvalue weighted by Gasteiger charge is 2.12. The lowest BCUT2D eigenvalue weighted by Crippen LogP contribution is -2.27. The first-order valence-corrected chi connectivity index (χ1v) is 6.92. The van der Waals surface area contributed by atoms with Crippen LogP contribution in [0.25, 0.3) is 0 Å². The molecule has 1 saturated heterocycles. The van der Waals surface area contributed by atoms with Gasteiger partial charge in [0.1, 0.15) is 5.82 Å². The van der Waals surface area contributed by atoms with Gasteiger partial charge in [0, 0.05) is 4.90 Å². The molecule has 2 rings (SSSR count). The van der Waals surface area contributed by atoms with Crippen LogP contribution in [0.3, 0.4) is 0 Å². The van der Waals surface area contributed by atoms with E-state index in [2.05, 4.69) is 5.32 Å². The SMILES string of the molecule is Cl.Fc1ccc(SCCC2CCNCC2)cc1. The van der Waals surface area contributed by atoms with Gasteiger partial charge in [0.05, 0.1) is 0 Å². The summed E-state index contributed by atoms with van der Waals surface area (Å²) < 4.78 is 12.7. The number of benzene rings is 1. The Morgan fingerprint density at radius 3 is 2.47 bits per heavy atom. The molecule has 0 aliphatic carbocycles. The number of nitrogens with one attached hydrogen (secondary N) is 1. The number of piperidine rings is 1. The fourth-order valence-electron chi connectivity index (χ4n) is 2.04. The first kappa shape index (κ1) is 14.8. The molecule has 1 nitrogen and oxygen atoms in total. The fraction of sp³-hybridized carbons (Fsp3) is 0.538. The van der Waals surface area contributed by atoms with E-state index in [0.717, 1.165) is 11.7 Å². The van der Waals surface area contributed by atoms with E-state index in [9.17, 15) is 4.39 Å². The van der Waals surface area contributed by atoms with Crippen molar-refractivity contribution in [2.24, 2.45) is 5.92 Å². The molecule has 0 spiro atoms. The van der Waals surface area contributed by atoms with Crippen molar-refractivity contribution in [3.05, 3.63) is 30.1 Å². The molecule has 0 aromatic heterocycles. The van der Waals surface area contributed by atoms with Crippen LogP contribution < -0.4 is 5.32 Å². The molecule has 1 aromatic carbocycles. The number of thioether (sulfide) groups is 1. The van der Waals surface area contributed by atoms with E-state index in [-0.39, 0.29) is 18.2 Å². The highest BCUT2D eigenvalue weighted by atomic mass is 35.5. The molecule has 1 heterocycles. The third-order valence-corrected chi connectivity index (χ3v) is 4.11. The van der Waals surface area contributed by atoms with Crippen molar-refractivity contribution in [2.45, 2.75) is 24.2 Å². The van der Waals surface area contributed by atoms with Gasteiger partial charge in [0.15, 0.2) is 0 Å². The molecule has 0 bridgehead atoms. The van der Waals surface area contributed by atoms with Gasteiger partial charge in [0.2, 0.25) is 0 Å². The topological polar surface area (TPSA) is 12.0 Å². The summed E-state index contributed by atoms with van der Waals surface area (Å²) in [5.74, 6) is 1.88. The Morgan fingerprint density at radius 1 is 1.18 bits per heavy atom.